The van der Waals surface area contributed by atoms with Crippen LogP contribution >= 0.6 is 11.3 Å². The lowest BCUT2D eigenvalue weighted by molar-refractivity contribution is -0.134. The van der Waals surface area contributed by atoms with Crippen LogP contribution in [0.15, 0.2) is 85.2 Å². The summed E-state index contributed by atoms with van der Waals surface area (Å²) in [6.07, 6.45) is 7.19. The zero-order chi connectivity index (χ0) is 26.4. The van der Waals surface area contributed by atoms with Crippen molar-refractivity contribution < 1.29 is 14.3 Å². The highest BCUT2D eigenvalue weighted by atomic mass is 32.1. The molecule has 2 aromatic carbocycles. The number of nitrogens with one attached hydrogen (secondary N) is 2. The molecule has 1 aliphatic carbocycles. The van der Waals surface area contributed by atoms with Crippen LogP contribution in [0.2, 0.25) is 0 Å². The number of hydrogen-bond donors (Lipinski definition) is 2. The topological polar surface area (TPSA) is 98.3 Å². The molecule has 196 valence electrons. The van der Waals surface area contributed by atoms with Crippen molar-refractivity contribution in [1.29, 1.82) is 0 Å². The van der Waals surface area contributed by atoms with Crippen molar-refractivity contribution in [3.8, 4) is 22.6 Å². The fourth-order valence-electron chi connectivity index (χ4n) is 4.74. The number of nitrogens with zero attached hydrogens (tertiary/aromatic N) is 3. The van der Waals surface area contributed by atoms with Gasteiger partial charge in [-0.3, -0.25) is 9.78 Å². The van der Waals surface area contributed by atoms with E-state index in [1.54, 1.807) is 17.5 Å². The first-order valence-electron chi connectivity index (χ1n) is 12.9. The molecule has 0 aliphatic heterocycles. The van der Waals surface area contributed by atoms with E-state index in [9.17, 15) is 4.79 Å². The van der Waals surface area contributed by atoms with Crippen LogP contribution in [0.4, 0.5) is 16.8 Å². The van der Waals surface area contributed by atoms with Crippen molar-refractivity contribution in [1.82, 2.24) is 15.0 Å². The van der Waals surface area contributed by atoms with Gasteiger partial charge in [0.05, 0.1) is 16.4 Å². The van der Waals surface area contributed by atoms with E-state index in [0.717, 1.165) is 69.5 Å². The van der Waals surface area contributed by atoms with Gasteiger partial charge in [-0.2, -0.15) is 0 Å². The van der Waals surface area contributed by atoms with Gasteiger partial charge in [0, 0.05) is 17.8 Å². The second kappa shape index (κ2) is 11.5. The second-order valence-corrected chi connectivity index (χ2v) is 10.4. The number of aromatic nitrogens is 3. The van der Waals surface area contributed by atoms with E-state index in [1.165, 1.54) is 0 Å². The number of anilines is 3. The standard InChI is InChI=1S/C30H27N5O3S/c36-19-37-23-12-10-22(11-13-23)32-28-7-4-8-29(34-28)35-30-33-26-14-9-20(16-27(26)39-30)21-15-25(18-31-17-21)38-24-5-2-1-3-6-24/h1-9,14-19,22-23H,10-13H2,(H2,32,33,34,35). The van der Waals surface area contributed by atoms with Gasteiger partial charge in [-0.05, 0) is 73.7 Å². The highest BCUT2D eigenvalue weighted by Crippen LogP contribution is 2.33. The lowest BCUT2D eigenvalue weighted by atomic mass is 9.93. The molecular formula is C30H27N5O3S. The molecule has 0 radical (unpaired) electrons. The van der Waals surface area contributed by atoms with Crippen LogP contribution in [-0.4, -0.2) is 33.6 Å². The summed E-state index contributed by atoms with van der Waals surface area (Å²) >= 11 is 1.58. The Morgan fingerprint density at radius 2 is 1.67 bits per heavy atom. The molecule has 6 rings (SSSR count). The number of carbonyl (C=O) groups is 1. The maximum absolute atomic E-state index is 10.6. The number of hydrogen-bond acceptors (Lipinski definition) is 9. The maximum atomic E-state index is 10.6. The summed E-state index contributed by atoms with van der Waals surface area (Å²) in [6, 6.07) is 24.0. The molecule has 1 saturated carbocycles. The van der Waals surface area contributed by atoms with Crippen LogP contribution in [0.3, 0.4) is 0 Å². The van der Waals surface area contributed by atoms with Gasteiger partial charge < -0.3 is 20.1 Å². The van der Waals surface area contributed by atoms with E-state index in [-0.39, 0.29) is 6.10 Å². The molecule has 0 unspecified atom stereocenters. The molecule has 39 heavy (non-hydrogen) atoms. The predicted molar refractivity (Wildman–Crippen MR) is 154 cm³/mol. The van der Waals surface area contributed by atoms with Gasteiger partial charge in [0.15, 0.2) is 5.13 Å². The molecule has 2 N–H and O–H groups in total. The molecule has 0 spiro atoms. The number of carbonyl (C=O) groups excluding carboxylic acids is 1. The van der Waals surface area contributed by atoms with Crippen LogP contribution in [0.25, 0.3) is 21.3 Å². The monoisotopic (exact) mass is 537 g/mol. The average Bonchev–Trinajstić information content (AvgIpc) is 3.37. The lowest BCUT2D eigenvalue weighted by Crippen LogP contribution is -2.29. The minimum absolute atomic E-state index is 0.0314. The third-order valence-corrected chi connectivity index (χ3v) is 7.61. The zero-order valence-corrected chi connectivity index (χ0v) is 21.9. The van der Waals surface area contributed by atoms with E-state index in [0.29, 0.717) is 18.3 Å². The Morgan fingerprint density at radius 1 is 0.821 bits per heavy atom. The second-order valence-electron chi connectivity index (χ2n) is 9.41. The van der Waals surface area contributed by atoms with Gasteiger partial charge >= 0.3 is 0 Å². The van der Waals surface area contributed by atoms with E-state index in [4.69, 9.17) is 19.4 Å². The van der Waals surface area contributed by atoms with Gasteiger partial charge in [-0.25, -0.2) is 9.97 Å². The molecule has 1 fully saturated rings. The third kappa shape index (κ3) is 6.15. The van der Waals surface area contributed by atoms with E-state index < -0.39 is 0 Å². The summed E-state index contributed by atoms with van der Waals surface area (Å²) in [6.45, 7) is 0.550. The zero-order valence-electron chi connectivity index (χ0n) is 21.1. The Kier molecular flexibility index (Phi) is 7.31. The van der Waals surface area contributed by atoms with Gasteiger partial charge in [0.25, 0.3) is 6.47 Å². The van der Waals surface area contributed by atoms with Crippen LogP contribution in [0.1, 0.15) is 25.7 Å². The third-order valence-electron chi connectivity index (χ3n) is 6.67. The summed E-state index contributed by atoms with van der Waals surface area (Å²) in [4.78, 5) is 24.4. The van der Waals surface area contributed by atoms with Crippen molar-refractivity contribution in [3.05, 3.63) is 85.2 Å². The van der Waals surface area contributed by atoms with Crippen LogP contribution in [0, 0.1) is 0 Å². The van der Waals surface area contributed by atoms with E-state index >= 15 is 0 Å². The number of fused-ring (bicyclic) bond motifs is 1. The van der Waals surface area contributed by atoms with E-state index in [1.807, 2.05) is 72.9 Å². The molecule has 0 saturated heterocycles. The summed E-state index contributed by atoms with van der Waals surface area (Å²) in [5.74, 6) is 3.00. The highest BCUT2D eigenvalue weighted by molar-refractivity contribution is 7.22. The molecule has 8 nitrogen and oxygen atoms in total. The largest absolute Gasteiger partial charge is 0.465 e. The Balaban J connectivity index is 1.13. The molecule has 3 heterocycles. The van der Waals surface area contributed by atoms with Crippen molar-refractivity contribution in [3.63, 3.8) is 0 Å². The molecule has 0 bridgehead atoms. The van der Waals surface area contributed by atoms with Crippen molar-refractivity contribution in [2.45, 2.75) is 37.8 Å². The summed E-state index contributed by atoms with van der Waals surface area (Å²) in [5, 5.41) is 7.64. The van der Waals surface area contributed by atoms with E-state index in [2.05, 4.69) is 21.7 Å². The SMILES string of the molecule is O=COC1CCC(Nc2cccc(Nc3nc4ccc(-c5cncc(Oc6ccccc6)c5)cc4s3)n2)CC1. The summed E-state index contributed by atoms with van der Waals surface area (Å²) in [7, 11) is 0. The highest BCUT2D eigenvalue weighted by Gasteiger charge is 2.22. The molecule has 0 atom stereocenters. The number of benzene rings is 2. The Morgan fingerprint density at radius 3 is 2.51 bits per heavy atom. The Labute approximate surface area is 230 Å². The van der Waals surface area contributed by atoms with Crippen molar-refractivity contribution in [2.24, 2.45) is 0 Å². The number of pyridine rings is 2. The Hall–Kier alpha value is -4.50. The Bertz CT molecular complexity index is 1570. The fourth-order valence-corrected chi connectivity index (χ4v) is 5.65. The van der Waals surface area contributed by atoms with Crippen LogP contribution in [0.5, 0.6) is 11.5 Å². The normalized spacial score (nSPS) is 16.9. The van der Waals surface area contributed by atoms with Gasteiger partial charge in [0.2, 0.25) is 0 Å². The number of rotatable bonds is 9. The number of thiazole rings is 1. The molecule has 5 aromatic rings. The van der Waals surface area contributed by atoms with Crippen molar-refractivity contribution in [2.75, 3.05) is 10.6 Å². The van der Waals surface area contributed by atoms with Crippen LogP contribution in [-0.2, 0) is 9.53 Å². The molecule has 0 amide bonds. The molecular weight excluding hydrogens is 510 g/mol. The first-order chi connectivity index (χ1) is 19.2. The number of ether oxygens (including phenoxy) is 2. The summed E-state index contributed by atoms with van der Waals surface area (Å²) in [5.41, 5.74) is 2.93. The first-order valence-corrected chi connectivity index (χ1v) is 13.7. The number of para-hydroxylation sites is 1. The minimum atomic E-state index is 0.0314. The molecule has 9 heteroatoms. The van der Waals surface area contributed by atoms with Gasteiger partial charge in [-0.1, -0.05) is 41.7 Å². The smallest absolute Gasteiger partial charge is 0.293 e. The first kappa shape index (κ1) is 24.8. The summed E-state index contributed by atoms with van der Waals surface area (Å²) < 4.78 is 12.1. The molecule has 1 aliphatic rings. The quantitative estimate of drug-likeness (QED) is 0.191. The van der Waals surface area contributed by atoms with Crippen LogP contribution < -0.4 is 15.4 Å². The lowest BCUT2D eigenvalue weighted by Gasteiger charge is -2.28. The van der Waals surface area contributed by atoms with Gasteiger partial charge in [0.1, 0.15) is 29.2 Å². The molecule has 3 aromatic heterocycles. The minimum Gasteiger partial charge on any atom is -0.465 e. The fraction of sp³-hybridized carbons (Fsp3) is 0.200. The predicted octanol–water partition coefficient (Wildman–Crippen LogP) is 7.19. The maximum Gasteiger partial charge on any atom is 0.293 e. The average molecular weight is 538 g/mol. The van der Waals surface area contributed by atoms with Crippen molar-refractivity contribution >= 4 is 44.8 Å². The van der Waals surface area contributed by atoms with Gasteiger partial charge in [-0.15, -0.1) is 0 Å².